The second-order valence-corrected chi connectivity index (χ2v) is 7.44. The minimum absolute atomic E-state index is 0.174. The highest BCUT2D eigenvalue weighted by atomic mass is 35.5. The van der Waals surface area contributed by atoms with Gasteiger partial charge in [-0.1, -0.05) is 35.3 Å². The number of halogens is 2. The van der Waals surface area contributed by atoms with Crippen molar-refractivity contribution in [3.63, 3.8) is 0 Å². The standard InChI is InChI=1S/C19H21Cl2N7O2/c1-26-5-7-27(8-6-26)28(30-2)19(29)25-16(9-22)15-4-3-14(17(20)18(15)21)13-10-23-12-24-11-13/h3-4,10-12,16H,5-8H2,1-2H3,(H,25,29). The van der Waals surface area contributed by atoms with E-state index in [1.165, 1.54) is 13.4 Å². The van der Waals surface area contributed by atoms with E-state index < -0.39 is 12.1 Å². The van der Waals surface area contributed by atoms with Gasteiger partial charge < -0.3 is 10.2 Å². The molecule has 1 N–H and O–H groups in total. The van der Waals surface area contributed by atoms with Crippen molar-refractivity contribution >= 4 is 29.2 Å². The number of aromatic nitrogens is 2. The lowest BCUT2D eigenvalue weighted by atomic mass is 10.0. The van der Waals surface area contributed by atoms with Gasteiger partial charge in [-0.05, 0) is 7.05 Å². The number of hydroxylamine groups is 1. The van der Waals surface area contributed by atoms with E-state index in [9.17, 15) is 10.1 Å². The molecule has 158 valence electrons. The molecular formula is C19H21Cl2N7O2. The molecule has 2 aromatic rings. The van der Waals surface area contributed by atoms with Crippen LogP contribution in [0.5, 0.6) is 0 Å². The lowest BCUT2D eigenvalue weighted by molar-refractivity contribution is -0.231. The highest BCUT2D eigenvalue weighted by Crippen LogP contribution is 2.37. The number of amides is 2. The molecule has 1 aromatic heterocycles. The highest BCUT2D eigenvalue weighted by Gasteiger charge is 2.28. The van der Waals surface area contributed by atoms with Gasteiger partial charge in [-0.25, -0.2) is 14.8 Å². The number of rotatable bonds is 5. The van der Waals surface area contributed by atoms with E-state index in [0.717, 1.165) is 18.3 Å². The summed E-state index contributed by atoms with van der Waals surface area (Å²) >= 11 is 12.9. The van der Waals surface area contributed by atoms with Crippen molar-refractivity contribution in [3.8, 4) is 17.2 Å². The van der Waals surface area contributed by atoms with Crippen molar-refractivity contribution in [1.29, 1.82) is 5.26 Å². The zero-order valence-electron chi connectivity index (χ0n) is 16.5. The Morgan fingerprint density at radius 1 is 1.23 bits per heavy atom. The van der Waals surface area contributed by atoms with Crippen molar-refractivity contribution in [2.75, 3.05) is 40.3 Å². The average Bonchev–Trinajstić information content (AvgIpc) is 2.76. The lowest BCUT2D eigenvalue weighted by Crippen LogP contribution is -2.56. The minimum Gasteiger partial charge on any atom is -0.315 e. The Bertz CT molecular complexity index is 930. The first-order valence-electron chi connectivity index (χ1n) is 9.17. The fourth-order valence-corrected chi connectivity index (χ4v) is 3.67. The molecule has 1 aromatic carbocycles. The quantitative estimate of drug-likeness (QED) is 0.700. The molecule has 11 heteroatoms. The number of piperazine rings is 1. The number of carbonyl (C=O) groups is 1. The topological polar surface area (TPSA) is 97.6 Å². The van der Waals surface area contributed by atoms with Gasteiger partial charge in [0.2, 0.25) is 0 Å². The number of likely N-dealkylation sites (N-methyl/N-ethyl adjacent to an activating group) is 1. The average molecular weight is 450 g/mol. The van der Waals surface area contributed by atoms with E-state index in [1.54, 1.807) is 29.5 Å². The van der Waals surface area contributed by atoms with Gasteiger partial charge in [0.05, 0.1) is 23.2 Å². The summed E-state index contributed by atoms with van der Waals surface area (Å²) in [6.45, 7) is 2.83. The molecule has 1 atom stereocenters. The molecule has 1 aliphatic heterocycles. The van der Waals surface area contributed by atoms with Crippen LogP contribution in [0.25, 0.3) is 11.1 Å². The molecule has 9 nitrogen and oxygen atoms in total. The van der Waals surface area contributed by atoms with Crippen LogP contribution in [-0.2, 0) is 4.84 Å². The Morgan fingerprint density at radius 3 is 2.50 bits per heavy atom. The Morgan fingerprint density at radius 2 is 1.90 bits per heavy atom. The molecule has 1 unspecified atom stereocenters. The zero-order chi connectivity index (χ0) is 21.7. The fourth-order valence-electron chi connectivity index (χ4n) is 3.11. The second-order valence-electron chi connectivity index (χ2n) is 6.68. The van der Waals surface area contributed by atoms with Crippen molar-refractivity contribution < 1.29 is 9.63 Å². The molecule has 0 saturated carbocycles. The molecule has 1 fully saturated rings. The molecule has 3 rings (SSSR count). The first-order valence-corrected chi connectivity index (χ1v) is 9.93. The van der Waals surface area contributed by atoms with Crippen molar-refractivity contribution in [1.82, 2.24) is 30.4 Å². The van der Waals surface area contributed by atoms with Crippen LogP contribution in [0.2, 0.25) is 10.0 Å². The minimum atomic E-state index is -1.02. The smallest absolute Gasteiger partial charge is 0.315 e. The van der Waals surface area contributed by atoms with Gasteiger partial charge in [-0.15, -0.1) is 5.17 Å². The third-order valence-electron chi connectivity index (χ3n) is 4.77. The van der Waals surface area contributed by atoms with Gasteiger partial charge in [0.25, 0.3) is 0 Å². The van der Waals surface area contributed by atoms with Crippen LogP contribution in [-0.4, -0.2) is 71.4 Å². The molecule has 0 spiro atoms. The van der Waals surface area contributed by atoms with E-state index in [4.69, 9.17) is 28.0 Å². The van der Waals surface area contributed by atoms with Crippen LogP contribution >= 0.6 is 23.2 Å². The molecule has 1 aliphatic rings. The molecule has 30 heavy (non-hydrogen) atoms. The van der Waals surface area contributed by atoms with Gasteiger partial charge >= 0.3 is 6.03 Å². The Hall–Kier alpha value is -2.48. The third kappa shape index (κ3) is 4.80. The van der Waals surface area contributed by atoms with Gasteiger partial charge in [0.1, 0.15) is 12.4 Å². The summed E-state index contributed by atoms with van der Waals surface area (Å²) in [5.74, 6) is 0. The number of nitrogens with one attached hydrogen (secondary N) is 1. The van der Waals surface area contributed by atoms with Crippen molar-refractivity contribution in [2.45, 2.75) is 6.04 Å². The number of nitriles is 1. The summed E-state index contributed by atoms with van der Waals surface area (Å²) in [5, 5.41) is 15.6. The second kappa shape index (κ2) is 10.0. The monoisotopic (exact) mass is 449 g/mol. The predicted octanol–water partition coefficient (Wildman–Crippen LogP) is 2.75. The van der Waals surface area contributed by atoms with Crippen LogP contribution in [0.15, 0.2) is 30.9 Å². The molecule has 1 saturated heterocycles. The Balaban J connectivity index is 1.79. The summed E-state index contributed by atoms with van der Waals surface area (Å²) in [6.07, 6.45) is 4.64. The summed E-state index contributed by atoms with van der Waals surface area (Å²) < 4.78 is 0. The molecule has 0 bridgehead atoms. The Kier molecular flexibility index (Phi) is 7.42. The van der Waals surface area contributed by atoms with Crippen LogP contribution in [0, 0.1) is 11.3 Å². The van der Waals surface area contributed by atoms with E-state index in [-0.39, 0.29) is 10.0 Å². The van der Waals surface area contributed by atoms with E-state index in [1.807, 2.05) is 7.05 Å². The van der Waals surface area contributed by atoms with Gasteiger partial charge in [-0.2, -0.15) is 10.3 Å². The summed E-state index contributed by atoms with van der Waals surface area (Å²) in [5.41, 5.74) is 1.70. The number of hydrogen-bond acceptors (Lipinski definition) is 7. The van der Waals surface area contributed by atoms with Crippen molar-refractivity contribution in [3.05, 3.63) is 46.5 Å². The van der Waals surface area contributed by atoms with Gasteiger partial charge in [-0.3, -0.25) is 4.84 Å². The molecule has 2 heterocycles. The molecule has 2 amide bonds. The zero-order valence-corrected chi connectivity index (χ0v) is 18.1. The number of benzene rings is 1. The van der Waals surface area contributed by atoms with Crippen LogP contribution in [0.4, 0.5) is 4.79 Å². The fraction of sp³-hybridized carbons (Fsp3) is 0.368. The number of urea groups is 1. The lowest BCUT2D eigenvalue weighted by Gasteiger charge is -2.38. The predicted molar refractivity (Wildman–Crippen MR) is 112 cm³/mol. The number of hydrogen-bond donors (Lipinski definition) is 1. The highest BCUT2D eigenvalue weighted by molar-refractivity contribution is 6.44. The number of carbonyl (C=O) groups excluding carboxylic acids is 1. The number of nitrogens with zero attached hydrogens (tertiary/aromatic N) is 6. The summed E-state index contributed by atoms with van der Waals surface area (Å²) in [4.78, 5) is 28.1. The SMILES string of the molecule is CON(C(=O)NC(C#N)c1ccc(-c2cncnc2)c(Cl)c1Cl)N1CCN(C)CC1. The van der Waals surface area contributed by atoms with Crippen LogP contribution in [0.3, 0.4) is 0 Å². The maximum atomic E-state index is 12.8. The normalized spacial score (nSPS) is 16.0. The first-order chi connectivity index (χ1) is 14.5. The van der Waals surface area contributed by atoms with Crippen LogP contribution in [0.1, 0.15) is 11.6 Å². The van der Waals surface area contributed by atoms with Gasteiger partial charge in [0, 0.05) is 55.3 Å². The summed E-state index contributed by atoms with van der Waals surface area (Å²) in [6, 6.07) is 3.83. The third-order valence-corrected chi connectivity index (χ3v) is 5.67. The van der Waals surface area contributed by atoms with E-state index >= 15 is 0 Å². The molecule has 0 radical (unpaired) electrons. The van der Waals surface area contributed by atoms with Gasteiger partial charge in [0.15, 0.2) is 0 Å². The van der Waals surface area contributed by atoms with Crippen molar-refractivity contribution in [2.24, 2.45) is 0 Å². The largest absolute Gasteiger partial charge is 0.358 e. The molecule has 0 aliphatic carbocycles. The number of hydrazine groups is 1. The maximum absolute atomic E-state index is 12.8. The van der Waals surface area contributed by atoms with E-state index in [0.29, 0.717) is 29.8 Å². The maximum Gasteiger partial charge on any atom is 0.358 e. The Labute approximate surface area is 184 Å². The van der Waals surface area contributed by atoms with Crippen LogP contribution < -0.4 is 5.32 Å². The van der Waals surface area contributed by atoms with E-state index in [2.05, 4.69) is 26.3 Å². The summed E-state index contributed by atoms with van der Waals surface area (Å²) in [7, 11) is 3.41. The first kappa shape index (κ1) is 22.2. The molecular weight excluding hydrogens is 429 g/mol.